The number of aromatic hydroxyl groups is 3. The first-order chi connectivity index (χ1) is 11.3. The number of rotatable bonds is 5. The average Bonchev–Trinajstić information content (AvgIpc) is 2.57. The highest BCUT2D eigenvalue weighted by atomic mass is 16.5. The number of ether oxygens (including phenoxy) is 1. The number of phenolic OH excluding ortho intramolecular Hbond substituents is 3. The molecule has 1 unspecified atom stereocenters. The fourth-order valence-electron chi connectivity index (χ4n) is 1.46. The van der Waals surface area contributed by atoms with Gasteiger partial charge in [0.05, 0.1) is 13.2 Å². The fraction of sp³-hybridized carbons (Fsp3) is 0.562. The molecule has 1 rings (SSSR count). The van der Waals surface area contributed by atoms with Crippen molar-refractivity contribution in [1.82, 2.24) is 5.01 Å². The fourth-order valence-corrected chi connectivity index (χ4v) is 1.46. The van der Waals surface area contributed by atoms with Crippen molar-refractivity contribution >= 4 is 5.91 Å². The van der Waals surface area contributed by atoms with E-state index in [1.165, 1.54) is 25.7 Å². The van der Waals surface area contributed by atoms with E-state index in [0.29, 0.717) is 0 Å². The number of carbonyl (C=O) groups excluding carboxylic acids is 1. The second kappa shape index (κ2) is 13.4. The van der Waals surface area contributed by atoms with Crippen molar-refractivity contribution in [3.05, 3.63) is 17.7 Å². The van der Waals surface area contributed by atoms with E-state index in [-0.39, 0.29) is 18.7 Å². The van der Waals surface area contributed by atoms with Crippen LogP contribution in [-0.4, -0.2) is 46.0 Å². The van der Waals surface area contributed by atoms with E-state index in [0.717, 1.165) is 5.01 Å². The van der Waals surface area contributed by atoms with Crippen LogP contribution >= 0.6 is 0 Å². The molecule has 0 saturated carbocycles. The first-order valence-corrected chi connectivity index (χ1v) is 7.83. The second-order valence-corrected chi connectivity index (χ2v) is 4.68. The summed E-state index contributed by atoms with van der Waals surface area (Å²) >= 11 is 0. The molecule has 0 aliphatic heterocycles. The van der Waals surface area contributed by atoms with E-state index < -0.39 is 29.2 Å². The van der Waals surface area contributed by atoms with Gasteiger partial charge in [-0.1, -0.05) is 34.1 Å². The molecule has 8 heteroatoms. The van der Waals surface area contributed by atoms with Gasteiger partial charge in [0.2, 0.25) is 5.75 Å². The Morgan fingerprint density at radius 2 is 1.71 bits per heavy atom. The van der Waals surface area contributed by atoms with Gasteiger partial charge in [0.25, 0.3) is 5.91 Å². The molecule has 0 saturated heterocycles. The summed E-state index contributed by atoms with van der Waals surface area (Å²) in [7, 11) is 1.40. The number of nitrogens with two attached hydrogens (primary N) is 2. The highest BCUT2D eigenvalue weighted by Crippen LogP contribution is 2.37. The van der Waals surface area contributed by atoms with Crippen molar-refractivity contribution in [1.29, 1.82) is 0 Å². The number of phenols is 3. The van der Waals surface area contributed by atoms with Crippen LogP contribution in [0.25, 0.3) is 0 Å². The van der Waals surface area contributed by atoms with E-state index in [1.54, 1.807) is 0 Å². The minimum absolute atomic E-state index is 0.0132. The van der Waals surface area contributed by atoms with Gasteiger partial charge >= 0.3 is 0 Å². The van der Waals surface area contributed by atoms with Crippen molar-refractivity contribution in [2.45, 2.75) is 46.7 Å². The molecular formula is C16H31N3O5. The van der Waals surface area contributed by atoms with Crippen LogP contribution in [0.5, 0.6) is 17.2 Å². The van der Waals surface area contributed by atoms with Gasteiger partial charge in [0.1, 0.15) is 6.04 Å². The number of amides is 1. The summed E-state index contributed by atoms with van der Waals surface area (Å²) in [5.41, 5.74) is 5.70. The maximum absolute atomic E-state index is 11.7. The molecule has 7 N–H and O–H groups in total. The van der Waals surface area contributed by atoms with E-state index in [2.05, 4.69) is 13.8 Å². The van der Waals surface area contributed by atoms with Gasteiger partial charge in [-0.3, -0.25) is 9.80 Å². The first-order valence-electron chi connectivity index (χ1n) is 7.83. The summed E-state index contributed by atoms with van der Waals surface area (Å²) in [6.45, 7) is 8.09. The lowest BCUT2D eigenvalue weighted by molar-refractivity contribution is -0.134. The lowest BCUT2D eigenvalue weighted by atomic mass is 10.1. The Balaban J connectivity index is 0. The largest absolute Gasteiger partial charge is 0.504 e. The van der Waals surface area contributed by atoms with E-state index in [9.17, 15) is 15.0 Å². The number of hydrogen-bond acceptors (Lipinski definition) is 7. The number of carbonyl (C=O) groups is 1. The monoisotopic (exact) mass is 345 g/mol. The molecule has 1 aromatic rings. The zero-order valence-electron chi connectivity index (χ0n) is 15.1. The van der Waals surface area contributed by atoms with Gasteiger partial charge in [0, 0.05) is 12.7 Å². The lowest BCUT2D eigenvalue weighted by Gasteiger charge is -2.21. The minimum atomic E-state index is -0.914. The number of benzene rings is 1. The molecule has 0 aliphatic carbocycles. The Morgan fingerprint density at radius 1 is 1.21 bits per heavy atom. The van der Waals surface area contributed by atoms with Crippen molar-refractivity contribution in [3.8, 4) is 17.2 Å². The number of hydrogen-bond donors (Lipinski definition) is 5. The molecule has 0 aromatic heterocycles. The summed E-state index contributed by atoms with van der Waals surface area (Å²) < 4.78 is 4.73. The highest BCUT2D eigenvalue weighted by Gasteiger charge is 2.20. The smallest absolute Gasteiger partial charge is 0.256 e. The molecule has 0 heterocycles. The zero-order chi connectivity index (χ0) is 19.3. The number of nitrogens with zero attached hydrogens (tertiary/aromatic N) is 1. The van der Waals surface area contributed by atoms with Crippen molar-refractivity contribution < 1.29 is 24.9 Å². The Kier molecular flexibility index (Phi) is 13.5. The predicted molar refractivity (Wildman–Crippen MR) is 93.3 cm³/mol. The van der Waals surface area contributed by atoms with Crippen LogP contribution in [0.1, 0.15) is 39.7 Å². The molecule has 1 atom stereocenters. The molecule has 8 nitrogen and oxygen atoms in total. The maximum Gasteiger partial charge on any atom is 0.256 e. The summed E-state index contributed by atoms with van der Waals surface area (Å²) in [5.74, 6) is 3.28. The maximum atomic E-state index is 11.7. The third-order valence-electron chi connectivity index (χ3n) is 2.50. The third kappa shape index (κ3) is 8.00. The topological polar surface area (TPSA) is 142 Å². The zero-order valence-corrected chi connectivity index (χ0v) is 15.1. The first kappa shape index (κ1) is 24.2. The third-order valence-corrected chi connectivity index (χ3v) is 2.50. The van der Waals surface area contributed by atoms with Crippen LogP contribution < -0.4 is 11.6 Å². The van der Waals surface area contributed by atoms with Gasteiger partial charge in [-0.15, -0.1) is 0 Å². The Hall–Kier alpha value is -2.03. The van der Waals surface area contributed by atoms with E-state index in [4.69, 9.17) is 21.4 Å². The average molecular weight is 345 g/mol. The molecular weight excluding hydrogens is 314 g/mol. The summed E-state index contributed by atoms with van der Waals surface area (Å²) in [4.78, 5) is 11.7. The molecule has 0 bridgehead atoms. The summed E-state index contributed by atoms with van der Waals surface area (Å²) in [6, 6.07) is 1.60. The molecule has 24 heavy (non-hydrogen) atoms. The van der Waals surface area contributed by atoms with Crippen LogP contribution in [0.2, 0.25) is 0 Å². The van der Waals surface area contributed by atoms with Gasteiger partial charge in [-0.2, -0.15) is 0 Å². The van der Waals surface area contributed by atoms with Crippen LogP contribution in [0.3, 0.4) is 0 Å². The van der Waals surface area contributed by atoms with Crippen LogP contribution in [0, 0.1) is 0 Å². The van der Waals surface area contributed by atoms with Crippen LogP contribution in [-0.2, 0) is 16.1 Å². The molecule has 1 aromatic carbocycles. The van der Waals surface area contributed by atoms with E-state index in [1.807, 2.05) is 13.8 Å². The van der Waals surface area contributed by atoms with Crippen LogP contribution in [0.4, 0.5) is 0 Å². The van der Waals surface area contributed by atoms with Gasteiger partial charge in [0.15, 0.2) is 11.5 Å². The van der Waals surface area contributed by atoms with Gasteiger partial charge in [-0.05, 0) is 12.1 Å². The molecule has 0 fully saturated rings. The summed E-state index contributed by atoms with van der Waals surface area (Å²) in [5, 5.41) is 28.9. The Morgan fingerprint density at radius 3 is 2.17 bits per heavy atom. The highest BCUT2D eigenvalue weighted by molar-refractivity contribution is 5.81. The van der Waals surface area contributed by atoms with E-state index >= 15 is 0 Å². The SMILES string of the molecule is CC.CCC.COCC(N)C(=O)N(N)Cc1ccc(O)c(O)c1O. The van der Waals surface area contributed by atoms with Crippen molar-refractivity contribution in [2.24, 2.45) is 11.6 Å². The number of hydrazine groups is 1. The van der Waals surface area contributed by atoms with Crippen molar-refractivity contribution in [3.63, 3.8) is 0 Å². The normalized spacial score (nSPS) is 10.6. The molecule has 140 valence electrons. The number of methoxy groups -OCH3 is 1. The van der Waals surface area contributed by atoms with Gasteiger partial charge < -0.3 is 25.8 Å². The quantitative estimate of drug-likeness (QED) is 0.235. The summed E-state index contributed by atoms with van der Waals surface area (Å²) in [6.07, 6.45) is 1.25. The van der Waals surface area contributed by atoms with Gasteiger partial charge in [-0.25, -0.2) is 5.84 Å². The minimum Gasteiger partial charge on any atom is -0.504 e. The molecule has 0 spiro atoms. The lowest BCUT2D eigenvalue weighted by Crippen LogP contribution is -2.48. The molecule has 0 aliphatic rings. The Bertz CT molecular complexity index is 483. The van der Waals surface area contributed by atoms with Crippen molar-refractivity contribution in [2.75, 3.05) is 13.7 Å². The van der Waals surface area contributed by atoms with Crippen LogP contribution in [0.15, 0.2) is 12.1 Å². The predicted octanol–water partition coefficient (Wildman–Crippen LogP) is 1.42. The molecule has 0 radical (unpaired) electrons. The Labute approximate surface area is 143 Å². The standard InChI is InChI=1S/C11H17N3O5.C3H8.C2H6/c1-19-5-7(12)11(18)14(13)4-6-2-3-8(15)10(17)9(6)16;1-3-2;1-2/h2-3,7,15-17H,4-5,12-13H2,1H3;3H2,1-2H3;1-2H3. The molecule has 1 amide bonds. The second-order valence-electron chi connectivity index (χ2n) is 4.68.